The van der Waals surface area contributed by atoms with Crippen LogP contribution in [0.4, 0.5) is 0 Å². The lowest BCUT2D eigenvalue weighted by atomic mass is 9.78. The molecule has 0 aliphatic heterocycles. The van der Waals surface area contributed by atoms with Gasteiger partial charge in [0.2, 0.25) is 0 Å². The number of allylic oxidation sites excluding steroid dienone is 2. The highest BCUT2D eigenvalue weighted by Gasteiger charge is 2.49. The molecule has 0 heterocycles. The summed E-state index contributed by atoms with van der Waals surface area (Å²) in [5.74, 6) is 0.830. The Kier molecular flexibility index (Phi) is 2.87. The molecule has 2 aliphatic carbocycles. The molecule has 0 amide bonds. The van der Waals surface area contributed by atoms with Crippen LogP contribution >= 0.6 is 0 Å². The fraction of sp³-hybridized carbons (Fsp3) is 0.692. The molecule has 1 fully saturated rings. The Hall–Kier alpha value is -1.12. The fourth-order valence-electron chi connectivity index (χ4n) is 3.36. The molecule has 0 aromatic rings. The first kappa shape index (κ1) is 11.4. The number of fused-ring (bicyclic) bond motifs is 2. The van der Waals surface area contributed by atoms with Crippen LogP contribution < -0.4 is 0 Å². The number of rotatable bonds is 3. The quantitative estimate of drug-likeness (QED) is 0.416. The van der Waals surface area contributed by atoms with Gasteiger partial charge in [0.05, 0.1) is 6.61 Å². The monoisotopic (exact) mass is 222 g/mol. The van der Waals surface area contributed by atoms with Gasteiger partial charge in [0.15, 0.2) is 0 Å². The summed E-state index contributed by atoms with van der Waals surface area (Å²) >= 11 is 0. The first-order valence-corrected chi connectivity index (χ1v) is 5.82. The first-order valence-electron chi connectivity index (χ1n) is 5.82. The zero-order valence-corrected chi connectivity index (χ0v) is 10.0. The van der Waals surface area contributed by atoms with Crippen molar-refractivity contribution in [2.75, 3.05) is 6.61 Å². The third-order valence-electron chi connectivity index (χ3n) is 4.35. The minimum atomic E-state index is -0.259. The maximum absolute atomic E-state index is 11.1. The Labute approximate surface area is 95.9 Å². The van der Waals surface area contributed by atoms with Gasteiger partial charge in [0, 0.05) is 18.8 Å². The summed E-state index contributed by atoms with van der Waals surface area (Å²) in [4.78, 5) is 22.0. The fourth-order valence-corrected chi connectivity index (χ4v) is 3.36. The second-order valence-corrected chi connectivity index (χ2v) is 4.99. The molecule has 16 heavy (non-hydrogen) atoms. The van der Waals surface area contributed by atoms with Gasteiger partial charge in [-0.25, -0.2) is 0 Å². The lowest BCUT2D eigenvalue weighted by Gasteiger charge is -2.28. The highest BCUT2D eigenvalue weighted by atomic mass is 16.5. The van der Waals surface area contributed by atoms with E-state index in [-0.39, 0.29) is 17.8 Å². The lowest BCUT2D eigenvalue weighted by Crippen LogP contribution is -2.29. The zero-order valence-electron chi connectivity index (χ0n) is 10.0. The maximum atomic E-state index is 11.1. The highest BCUT2D eigenvalue weighted by molar-refractivity contribution is 5.66. The second kappa shape index (κ2) is 4.04. The molecule has 0 saturated heterocycles. The van der Waals surface area contributed by atoms with E-state index in [4.69, 9.17) is 4.74 Å². The van der Waals surface area contributed by atoms with Crippen LogP contribution in [-0.4, -0.2) is 18.9 Å². The number of ether oxygens (including phenoxy) is 1. The number of carbonyl (C=O) groups is 2. The first-order chi connectivity index (χ1) is 7.56. The maximum Gasteiger partial charge on any atom is 0.302 e. The summed E-state index contributed by atoms with van der Waals surface area (Å²) in [5.41, 5.74) is 2.78. The van der Waals surface area contributed by atoms with Gasteiger partial charge >= 0.3 is 5.97 Å². The van der Waals surface area contributed by atoms with Gasteiger partial charge in [-0.15, -0.1) is 0 Å². The summed E-state index contributed by atoms with van der Waals surface area (Å²) in [6.07, 6.45) is 2.11. The molecule has 3 heteroatoms. The van der Waals surface area contributed by atoms with Crippen molar-refractivity contribution in [2.24, 2.45) is 23.7 Å². The van der Waals surface area contributed by atoms with Gasteiger partial charge in [-0.1, -0.05) is 11.1 Å². The molecule has 88 valence electrons. The average Bonchev–Trinajstić information content (AvgIpc) is 2.73. The van der Waals surface area contributed by atoms with Crippen molar-refractivity contribution in [3.63, 3.8) is 0 Å². The van der Waals surface area contributed by atoms with Crippen LogP contribution in [0.3, 0.4) is 0 Å². The third-order valence-corrected chi connectivity index (χ3v) is 4.35. The summed E-state index contributed by atoms with van der Waals surface area (Å²) in [6.45, 7) is 6.07. The van der Waals surface area contributed by atoms with Crippen LogP contribution in [-0.2, 0) is 14.3 Å². The van der Waals surface area contributed by atoms with Gasteiger partial charge in [-0.05, 0) is 32.1 Å². The number of esters is 1. The number of carbonyl (C=O) groups excluding carboxylic acids is 2. The Balaban J connectivity index is 2.14. The molecular formula is C13H18O3. The second-order valence-electron chi connectivity index (χ2n) is 4.99. The predicted molar refractivity (Wildman–Crippen MR) is 59.6 cm³/mol. The van der Waals surface area contributed by atoms with Crippen LogP contribution in [0.2, 0.25) is 0 Å². The van der Waals surface area contributed by atoms with Crippen molar-refractivity contribution in [3.8, 4) is 0 Å². The van der Waals surface area contributed by atoms with Crippen molar-refractivity contribution in [1.82, 2.24) is 0 Å². The number of hydrogen-bond acceptors (Lipinski definition) is 3. The molecule has 1 saturated carbocycles. The molecule has 0 radical (unpaired) electrons. The summed E-state index contributed by atoms with van der Waals surface area (Å²) < 4.78 is 5.07. The van der Waals surface area contributed by atoms with E-state index in [1.807, 2.05) is 0 Å². The van der Waals surface area contributed by atoms with E-state index in [1.165, 1.54) is 18.1 Å². The molecule has 4 atom stereocenters. The Morgan fingerprint density at radius 2 is 2.00 bits per heavy atom. The van der Waals surface area contributed by atoms with E-state index in [1.54, 1.807) is 0 Å². The number of hydrogen-bond donors (Lipinski definition) is 0. The van der Waals surface area contributed by atoms with Gasteiger partial charge < -0.3 is 9.53 Å². The molecule has 2 bridgehead atoms. The molecule has 0 spiro atoms. The van der Waals surface area contributed by atoms with Crippen LogP contribution in [0.15, 0.2) is 11.1 Å². The standard InChI is InChI=1S/C13H18O3/c1-7-8(2)11-4-10(7)12(5-14)13(11)6-16-9(3)15/h5,10-13H,4,6H2,1-3H3/t10-,11+,12-,13-/m0/s1. The van der Waals surface area contributed by atoms with Crippen molar-refractivity contribution < 1.29 is 14.3 Å². The van der Waals surface area contributed by atoms with Crippen LogP contribution in [0.1, 0.15) is 27.2 Å². The van der Waals surface area contributed by atoms with Crippen molar-refractivity contribution in [3.05, 3.63) is 11.1 Å². The smallest absolute Gasteiger partial charge is 0.302 e. The predicted octanol–water partition coefficient (Wildman–Crippen LogP) is 1.97. The summed E-state index contributed by atoms with van der Waals surface area (Å²) in [7, 11) is 0. The normalized spacial score (nSPS) is 36.7. The molecule has 0 unspecified atom stereocenters. The molecule has 2 rings (SSSR count). The molecule has 3 nitrogen and oxygen atoms in total. The van der Waals surface area contributed by atoms with Crippen LogP contribution in [0.25, 0.3) is 0 Å². The van der Waals surface area contributed by atoms with Gasteiger partial charge in [-0.3, -0.25) is 4.79 Å². The molecule has 0 aromatic heterocycles. The molecule has 2 aliphatic rings. The van der Waals surface area contributed by atoms with E-state index < -0.39 is 0 Å². The Morgan fingerprint density at radius 3 is 2.56 bits per heavy atom. The minimum Gasteiger partial charge on any atom is -0.466 e. The van der Waals surface area contributed by atoms with E-state index >= 15 is 0 Å². The lowest BCUT2D eigenvalue weighted by molar-refractivity contribution is -0.143. The topological polar surface area (TPSA) is 43.4 Å². The van der Waals surface area contributed by atoms with Gasteiger partial charge in [-0.2, -0.15) is 0 Å². The number of aldehydes is 1. The SMILES string of the molecule is CC(=O)OC[C@@H]1[C@@H](C=O)[C@H]2C[C@@H]1C(C)=C2C. The van der Waals surface area contributed by atoms with E-state index in [0.717, 1.165) is 12.7 Å². The van der Waals surface area contributed by atoms with Gasteiger partial charge in [0.1, 0.15) is 6.29 Å². The van der Waals surface area contributed by atoms with E-state index in [9.17, 15) is 9.59 Å². The van der Waals surface area contributed by atoms with Crippen molar-refractivity contribution in [1.29, 1.82) is 0 Å². The minimum absolute atomic E-state index is 0.0491. The molecule has 0 aromatic carbocycles. The largest absolute Gasteiger partial charge is 0.466 e. The summed E-state index contributed by atoms with van der Waals surface area (Å²) in [5, 5.41) is 0. The Morgan fingerprint density at radius 1 is 1.38 bits per heavy atom. The summed E-state index contributed by atoms with van der Waals surface area (Å²) in [6, 6.07) is 0. The third kappa shape index (κ3) is 1.58. The van der Waals surface area contributed by atoms with Crippen molar-refractivity contribution in [2.45, 2.75) is 27.2 Å². The van der Waals surface area contributed by atoms with Crippen molar-refractivity contribution >= 4 is 12.3 Å². The van der Waals surface area contributed by atoms with E-state index in [2.05, 4.69) is 13.8 Å². The zero-order chi connectivity index (χ0) is 11.9. The Bertz CT molecular complexity index is 354. The molecule has 0 N–H and O–H groups in total. The highest BCUT2D eigenvalue weighted by Crippen LogP contribution is 2.54. The van der Waals surface area contributed by atoms with E-state index in [0.29, 0.717) is 18.4 Å². The van der Waals surface area contributed by atoms with Crippen LogP contribution in [0.5, 0.6) is 0 Å². The van der Waals surface area contributed by atoms with Crippen LogP contribution in [0, 0.1) is 23.7 Å². The van der Waals surface area contributed by atoms with Gasteiger partial charge in [0.25, 0.3) is 0 Å². The molecular weight excluding hydrogens is 204 g/mol. The average molecular weight is 222 g/mol.